The van der Waals surface area contributed by atoms with Crippen molar-refractivity contribution in [3.05, 3.63) is 30.1 Å². The normalized spacial score (nSPS) is 12.4. The van der Waals surface area contributed by atoms with Crippen molar-refractivity contribution >= 4 is 0 Å². The molecule has 1 rings (SSSR count). The second-order valence-electron chi connectivity index (χ2n) is 4.27. The molecule has 1 aromatic rings. The van der Waals surface area contributed by atoms with Crippen LogP contribution in [0, 0.1) is 5.82 Å². The van der Waals surface area contributed by atoms with Crippen LogP contribution in [-0.4, -0.2) is 19.2 Å². The topological polar surface area (TPSA) is 21.3 Å². The first kappa shape index (κ1) is 14.0. The SMILES string of the molecule is CCCCCNCC(C)Oc1ccccc1F. The first-order valence-electron chi connectivity index (χ1n) is 6.36. The summed E-state index contributed by atoms with van der Waals surface area (Å²) in [4.78, 5) is 0. The van der Waals surface area contributed by atoms with Crippen LogP contribution >= 0.6 is 0 Å². The van der Waals surface area contributed by atoms with Crippen LogP contribution in [0.2, 0.25) is 0 Å². The van der Waals surface area contributed by atoms with Gasteiger partial charge < -0.3 is 10.1 Å². The molecule has 2 nitrogen and oxygen atoms in total. The average Bonchev–Trinajstić information content (AvgIpc) is 2.32. The molecule has 0 saturated heterocycles. The van der Waals surface area contributed by atoms with Gasteiger partial charge in [0.25, 0.3) is 0 Å². The highest BCUT2D eigenvalue weighted by Gasteiger charge is 2.06. The molecule has 3 heteroatoms. The van der Waals surface area contributed by atoms with Gasteiger partial charge in [0.1, 0.15) is 6.10 Å². The highest BCUT2D eigenvalue weighted by molar-refractivity contribution is 5.23. The van der Waals surface area contributed by atoms with E-state index < -0.39 is 0 Å². The quantitative estimate of drug-likeness (QED) is 0.702. The van der Waals surface area contributed by atoms with Gasteiger partial charge in [-0.1, -0.05) is 31.9 Å². The van der Waals surface area contributed by atoms with Crippen LogP contribution in [0.4, 0.5) is 4.39 Å². The Morgan fingerprint density at radius 2 is 2.06 bits per heavy atom. The van der Waals surface area contributed by atoms with E-state index in [-0.39, 0.29) is 11.9 Å². The fraction of sp³-hybridized carbons (Fsp3) is 0.571. The van der Waals surface area contributed by atoms with Crippen molar-refractivity contribution in [3.63, 3.8) is 0 Å². The molecule has 0 aromatic heterocycles. The third-order valence-electron chi connectivity index (χ3n) is 2.55. The zero-order valence-electron chi connectivity index (χ0n) is 10.7. The first-order chi connectivity index (χ1) is 8.24. The van der Waals surface area contributed by atoms with Crippen molar-refractivity contribution in [3.8, 4) is 5.75 Å². The van der Waals surface area contributed by atoms with Crippen LogP contribution in [0.3, 0.4) is 0 Å². The molecular formula is C14H22FNO. The molecular weight excluding hydrogens is 217 g/mol. The minimum absolute atomic E-state index is 0.0199. The van der Waals surface area contributed by atoms with Crippen molar-refractivity contribution in [1.82, 2.24) is 5.32 Å². The highest BCUT2D eigenvalue weighted by Crippen LogP contribution is 2.16. The molecule has 96 valence electrons. The molecule has 1 aromatic carbocycles. The van der Waals surface area contributed by atoms with Crippen molar-refractivity contribution in [2.24, 2.45) is 0 Å². The molecule has 0 fully saturated rings. The van der Waals surface area contributed by atoms with E-state index in [0.717, 1.165) is 13.1 Å². The summed E-state index contributed by atoms with van der Waals surface area (Å²) >= 11 is 0. The molecule has 0 aliphatic rings. The Morgan fingerprint density at radius 1 is 1.29 bits per heavy atom. The van der Waals surface area contributed by atoms with Crippen molar-refractivity contribution in [2.45, 2.75) is 39.2 Å². The third kappa shape index (κ3) is 5.68. The number of ether oxygens (including phenoxy) is 1. The summed E-state index contributed by atoms with van der Waals surface area (Å²) in [5.41, 5.74) is 0. The molecule has 1 N–H and O–H groups in total. The van der Waals surface area contributed by atoms with Crippen LogP contribution in [-0.2, 0) is 0 Å². The van der Waals surface area contributed by atoms with Gasteiger partial charge in [0.15, 0.2) is 11.6 Å². The molecule has 0 aliphatic heterocycles. The summed E-state index contributed by atoms with van der Waals surface area (Å²) < 4.78 is 18.8. The van der Waals surface area contributed by atoms with Crippen molar-refractivity contribution < 1.29 is 9.13 Å². The van der Waals surface area contributed by atoms with Crippen LogP contribution in [0.1, 0.15) is 33.1 Å². The third-order valence-corrected chi connectivity index (χ3v) is 2.55. The summed E-state index contributed by atoms with van der Waals surface area (Å²) in [6.45, 7) is 5.88. The lowest BCUT2D eigenvalue weighted by molar-refractivity contribution is 0.208. The van der Waals surface area contributed by atoms with Crippen LogP contribution < -0.4 is 10.1 Å². The largest absolute Gasteiger partial charge is 0.486 e. The summed E-state index contributed by atoms with van der Waals surface area (Å²) in [5.74, 6) is 0.0284. The minimum atomic E-state index is -0.301. The lowest BCUT2D eigenvalue weighted by Crippen LogP contribution is -2.29. The summed E-state index contributed by atoms with van der Waals surface area (Å²) in [7, 11) is 0. The van der Waals surface area contributed by atoms with Gasteiger partial charge in [0.05, 0.1) is 0 Å². The Morgan fingerprint density at radius 3 is 2.76 bits per heavy atom. The molecule has 1 atom stereocenters. The molecule has 0 radical (unpaired) electrons. The van der Waals surface area contributed by atoms with E-state index in [1.165, 1.54) is 25.3 Å². The number of rotatable bonds is 8. The zero-order valence-corrected chi connectivity index (χ0v) is 10.7. The minimum Gasteiger partial charge on any atom is -0.486 e. The number of benzene rings is 1. The van der Waals surface area contributed by atoms with Gasteiger partial charge in [0.2, 0.25) is 0 Å². The van der Waals surface area contributed by atoms with Gasteiger partial charge in [-0.15, -0.1) is 0 Å². The zero-order chi connectivity index (χ0) is 12.5. The number of hydrogen-bond acceptors (Lipinski definition) is 2. The number of para-hydroxylation sites is 1. The number of unbranched alkanes of at least 4 members (excludes halogenated alkanes) is 2. The Hall–Kier alpha value is -1.09. The fourth-order valence-electron chi connectivity index (χ4n) is 1.60. The van der Waals surface area contributed by atoms with Gasteiger partial charge >= 0.3 is 0 Å². The maximum absolute atomic E-state index is 13.3. The van der Waals surface area contributed by atoms with Crippen molar-refractivity contribution in [2.75, 3.05) is 13.1 Å². The van der Waals surface area contributed by atoms with Gasteiger partial charge in [-0.25, -0.2) is 4.39 Å². The smallest absolute Gasteiger partial charge is 0.165 e. The van der Waals surface area contributed by atoms with Crippen molar-refractivity contribution in [1.29, 1.82) is 0 Å². The number of nitrogens with one attached hydrogen (secondary N) is 1. The summed E-state index contributed by atoms with van der Waals surface area (Å²) in [6, 6.07) is 6.51. The molecule has 0 spiro atoms. The van der Waals surface area contributed by atoms with E-state index in [2.05, 4.69) is 12.2 Å². The van der Waals surface area contributed by atoms with Gasteiger partial charge in [-0.3, -0.25) is 0 Å². The average molecular weight is 239 g/mol. The molecule has 0 saturated carbocycles. The Kier molecular flexibility index (Phi) is 6.63. The van der Waals surface area contributed by atoms with E-state index >= 15 is 0 Å². The van der Waals surface area contributed by atoms with E-state index in [1.54, 1.807) is 18.2 Å². The van der Waals surface area contributed by atoms with Gasteiger partial charge in [-0.05, 0) is 32.0 Å². The first-order valence-corrected chi connectivity index (χ1v) is 6.36. The van der Waals surface area contributed by atoms with Crippen LogP contribution in [0.15, 0.2) is 24.3 Å². The molecule has 1 unspecified atom stereocenters. The molecule has 0 bridgehead atoms. The lowest BCUT2D eigenvalue weighted by Gasteiger charge is -2.15. The Labute approximate surface area is 103 Å². The molecule has 17 heavy (non-hydrogen) atoms. The van der Waals surface area contributed by atoms with Gasteiger partial charge in [-0.2, -0.15) is 0 Å². The number of halogens is 1. The van der Waals surface area contributed by atoms with Crippen LogP contribution in [0.5, 0.6) is 5.75 Å². The molecule has 0 aliphatic carbocycles. The number of hydrogen-bond donors (Lipinski definition) is 1. The predicted molar refractivity (Wildman–Crippen MR) is 68.9 cm³/mol. The predicted octanol–water partition coefficient (Wildman–Crippen LogP) is 3.37. The van der Waals surface area contributed by atoms with E-state index in [9.17, 15) is 4.39 Å². The summed E-state index contributed by atoms with van der Waals surface area (Å²) in [5, 5.41) is 3.31. The van der Waals surface area contributed by atoms with E-state index in [0.29, 0.717) is 5.75 Å². The lowest BCUT2D eigenvalue weighted by atomic mass is 10.2. The van der Waals surface area contributed by atoms with E-state index in [4.69, 9.17) is 4.74 Å². The highest BCUT2D eigenvalue weighted by atomic mass is 19.1. The maximum atomic E-state index is 13.3. The fourth-order valence-corrected chi connectivity index (χ4v) is 1.60. The maximum Gasteiger partial charge on any atom is 0.165 e. The van der Waals surface area contributed by atoms with Crippen LogP contribution in [0.25, 0.3) is 0 Å². The second-order valence-corrected chi connectivity index (χ2v) is 4.27. The Bertz CT molecular complexity index is 317. The molecule has 0 amide bonds. The molecule has 0 heterocycles. The van der Waals surface area contributed by atoms with Gasteiger partial charge in [0, 0.05) is 6.54 Å². The second kappa shape index (κ2) is 8.07. The standard InChI is InChI=1S/C14H22FNO/c1-3-4-7-10-16-11-12(2)17-14-9-6-5-8-13(14)15/h5-6,8-9,12,16H,3-4,7,10-11H2,1-2H3. The summed E-state index contributed by atoms with van der Waals surface area (Å²) in [6.07, 6.45) is 3.63. The van der Waals surface area contributed by atoms with E-state index in [1.807, 2.05) is 6.92 Å². The Balaban J connectivity index is 2.21. The monoisotopic (exact) mass is 239 g/mol.